The number of benzene rings is 2. The van der Waals surface area contributed by atoms with Crippen LogP contribution in [-0.2, 0) is 15.5 Å². The molecular formula is C20H25N2O6P. The number of phosphoric acid groups is 1. The fourth-order valence-corrected chi connectivity index (χ4v) is 3.33. The van der Waals surface area contributed by atoms with Crippen molar-refractivity contribution in [3.63, 3.8) is 0 Å². The van der Waals surface area contributed by atoms with Gasteiger partial charge in [0, 0.05) is 11.1 Å². The summed E-state index contributed by atoms with van der Waals surface area (Å²) in [5, 5.41) is 0. The zero-order valence-electron chi connectivity index (χ0n) is 16.4. The molecule has 0 fully saturated rings. The average molecular weight is 420 g/mol. The van der Waals surface area contributed by atoms with Crippen LogP contribution in [-0.4, -0.2) is 33.5 Å². The summed E-state index contributed by atoms with van der Waals surface area (Å²) < 4.78 is 26.8. The molecule has 0 unspecified atom stereocenters. The molecule has 3 aromatic rings. The van der Waals surface area contributed by atoms with Gasteiger partial charge in [-0.2, -0.15) is 0 Å². The number of rotatable bonds is 9. The van der Waals surface area contributed by atoms with E-state index in [1.165, 1.54) is 0 Å². The van der Waals surface area contributed by atoms with Crippen molar-refractivity contribution in [1.82, 2.24) is 4.98 Å². The van der Waals surface area contributed by atoms with Crippen LogP contribution < -0.4 is 10.5 Å². The highest BCUT2D eigenvalue weighted by Gasteiger charge is 2.24. The molecule has 0 aliphatic carbocycles. The van der Waals surface area contributed by atoms with E-state index < -0.39 is 13.4 Å². The summed E-state index contributed by atoms with van der Waals surface area (Å²) in [6, 6.07) is 13.3. The Morgan fingerprint density at radius 3 is 2.76 bits per heavy atom. The number of nitrogens with two attached hydrogens (primary N) is 1. The number of oxazole rings is 1. The van der Waals surface area contributed by atoms with Crippen LogP contribution in [0.15, 0.2) is 46.9 Å². The minimum atomic E-state index is -4.54. The molecule has 0 bridgehead atoms. The third kappa shape index (κ3) is 6.13. The van der Waals surface area contributed by atoms with Crippen molar-refractivity contribution in [2.75, 3.05) is 13.2 Å². The van der Waals surface area contributed by atoms with Crippen LogP contribution in [0.3, 0.4) is 0 Å². The standard InChI is InChI=1S/C20H25N2O6P/c1-3-26-16-6-4-5-15(12-16)19-22-17-11-14(7-8-18(17)28-19)9-10-20(2,21)13-27-29(23,24)25/h4-8,11-12H,3,9-10,13,21H2,1-2H3,(H2,23,24,25)/t20-/m1/s1. The molecule has 29 heavy (non-hydrogen) atoms. The molecule has 0 aliphatic heterocycles. The second kappa shape index (κ2) is 8.65. The van der Waals surface area contributed by atoms with Crippen LogP contribution in [0.4, 0.5) is 0 Å². The lowest BCUT2D eigenvalue weighted by Crippen LogP contribution is -2.41. The Morgan fingerprint density at radius 1 is 1.24 bits per heavy atom. The van der Waals surface area contributed by atoms with Crippen LogP contribution in [0.25, 0.3) is 22.6 Å². The van der Waals surface area contributed by atoms with Gasteiger partial charge in [-0.25, -0.2) is 9.55 Å². The van der Waals surface area contributed by atoms with Gasteiger partial charge in [0.2, 0.25) is 5.89 Å². The summed E-state index contributed by atoms with van der Waals surface area (Å²) in [5.41, 5.74) is 8.44. The maximum absolute atomic E-state index is 10.9. The lowest BCUT2D eigenvalue weighted by molar-refractivity contribution is 0.154. The number of fused-ring (bicyclic) bond motifs is 1. The molecule has 9 heteroatoms. The molecule has 0 aliphatic rings. The molecule has 1 aromatic heterocycles. The first-order chi connectivity index (χ1) is 13.6. The monoisotopic (exact) mass is 420 g/mol. The first kappa shape index (κ1) is 21.5. The summed E-state index contributed by atoms with van der Waals surface area (Å²) in [7, 11) is -4.54. The Morgan fingerprint density at radius 2 is 2.03 bits per heavy atom. The van der Waals surface area contributed by atoms with E-state index in [-0.39, 0.29) is 6.61 Å². The van der Waals surface area contributed by atoms with Crippen molar-refractivity contribution in [1.29, 1.82) is 0 Å². The molecule has 1 atom stereocenters. The second-order valence-electron chi connectivity index (χ2n) is 7.20. The fraction of sp³-hybridized carbons (Fsp3) is 0.350. The number of hydrogen-bond acceptors (Lipinski definition) is 6. The van der Waals surface area contributed by atoms with E-state index >= 15 is 0 Å². The van der Waals surface area contributed by atoms with Crippen LogP contribution in [0.1, 0.15) is 25.8 Å². The molecule has 0 spiro atoms. The molecule has 8 nitrogen and oxygen atoms in total. The normalized spacial score (nSPS) is 14.1. The van der Waals surface area contributed by atoms with Crippen molar-refractivity contribution in [2.24, 2.45) is 5.73 Å². The van der Waals surface area contributed by atoms with Gasteiger partial charge in [0.1, 0.15) is 11.3 Å². The highest BCUT2D eigenvalue weighted by atomic mass is 31.2. The number of hydrogen-bond donors (Lipinski definition) is 3. The highest BCUT2D eigenvalue weighted by Crippen LogP contribution is 2.37. The zero-order valence-corrected chi connectivity index (χ0v) is 17.3. The van der Waals surface area contributed by atoms with Crippen LogP contribution in [0.2, 0.25) is 0 Å². The van der Waals surface area contributed by atoms with Crippen molar-refractivity contribution in [2.45, 2.75) is 32.2 Å². The van der Waals surface area contributed by atoms with Gasteiger partial charge >= 0.3 is 7.82 Å². The van der Waals surface area contributed by atoms with E-state index in [4.69, 9.17) is 24.7 Å². The lowest BCUT2D eigenvalue weighted by atomic mass is 9.95. The topological polar surface area (TPSA) is 128 Å². The summed E-state index contributed by atoms with van der Waals surface area (Å²) >= 11 is 0. The first-order valence-electron chi connectivity index (χ1n) is 9.27. The molecular weight excluding hydrogens is 395 g/mol. The molecule has 0 amide bonds. The molecule has 156 valence electrons. The first-order valence-corrected chi connectivity index (χ1v) is 10.8. The molecule has 4 N–H and O–H groups in total. The zero-order chi connectivity index (χ0) is 21.1. The van der Waals surface area contributed by atoms with E-state index in [1.54, 1.807) is 6.92 Å². The predicted molar refractivity (Wildman–Crippen MR) is 110 cm³/mol. The van der Waals surface area contributed by atoms with Crippen molar-refractivity contribution in [3.05, 3.63) is 48.0 Å². The second-order valence-corrected chi connectivity index (χ2v) is 8.44. The number of nitrogens with zero attached hydrogens (tertiary/aromatic N) is 1. The Labute approximate surface area is 168 Å². The van der Waals surface area contributed by atoms with Gasteiger partial charge in [-0.15, -0.1) is 0 Å². The number of ether oxygens (including phenoxy) is 1. The molecule has 0 saturated carbocycles. The maximum Gasteiger partial charge on any atom is 0.469 e. The summed E-state index contributed by atoms with van der Waals surface area (Å²) in [6.07, 6.45) is 1.09. The van der Waals surface area contributed by atoms with Crippen LogP contribution in [0, 0.1) is 0 Å². The summed E-state index contributed by atoms with van der Waals surface area (Å²) in [6.45, 7) is 3.97. The third-order valence-electron chi connectivity index (χ3n) is 4.39. The quantitative estimate of drug-likeness (QED) is 0.448. The van der Waals surface area contributed by atoms with Gasteiger partial charge in [0.15, 0.2) is 5.58 Å². The van der Waals surface area contributed by atoms with Gasteiger partial charge in [0.05, 0.1) is 13.2 Å². The summed E-state index contributed by atoms with van der Waals surface area (Å²) in [5.74, 6) is 1.27. The highest BCUT2D eigenvalue weighted by molar-refractivity contribution is 7.46. The van der Waals surface area contributed by atoms with E-state index in [0.717, 1.165) is 22.4 Å². The van der Waals surface area contributed by atoms with Gasteiger partial charge in [0.25, 0.3) is 0 Å². The maximum atomic E-state index is 10.9. The Bertz CT molecular complexity index is 1030. The van der Waals surface area contributed by atoms with Crippen LogP contribution >= 0.6 is 7.82 Å². The molecule has 2 aromatic carbocycles. The smallest absolute Gasteiger partial charge is 0.469 e. The Kier molecular flexibility index (Phi) is 6.41. The van der Waals surface area contributed by atoms with Gasteiger partial charge in [-0.3, -0.25) is 4.52 Å². The lowest BCUT2D eigenvalue weighted by Gasteiger charge is -2.24. The Balaban J connectivity index is 1.72. The van der Waals surface area contributed by atoms with Gasteiger partial charge in [-0.1, -0.05) is 12.1 Å². The van der Waals surface area contributed by atoms with Gasteiger partial charge < -0.3 is 24.7 Å². The number of aromatic nitrogens is 1. The number of phosphoric ester groups is 1. The van der Waals surface area contributed by atoms with E-state index in [9.17, 15) is 4.57 Å². The SMILES string of the molecule is CCOc1cccc(-c2nc3cc(CC[C@@](C)(N)COP(=O)(O)O)ccc3o2)c1. The minimum absolute atomic E-state index is 0.232. The van der Waals surface area contributed by atoms with Crippen molar-refractivity contribution in [3.8, 4) is 17.2 Å². The summed E-state index contributed by atoms with van der Waals surface area (Å²) in [4.78, 5) is 22.2. The molecule has 1 heterocycles. The largest absolute Gasteiger partial charge is 0.494 e. The molecule has 3 rings (SSSR count). The van der Waals surface area contributed by atoms with E-state index in [0.29, 0.717) is 30.9 Å². The van der Waals surface area contributed by atoms with E-state index in [2.05, 4.69) is 9.51 Å². The number of aryl methyl sites for hydroxylation is 1. The predicted octanol–water partition coefficient (Wildman–Crippen LogP) is 3.65. The van der Waals surface area contributed by atoms with Crippen molar-refractivity contribution >= 4 is 18.9 Å². The fourth-order valence-electron chi connectivity index (χ4n) is 2.87. The average Bonchev–Trinajstić information content (AvgIpc) is 3.08. The Hall–Kier alpha value is -2.22. The van der Waals surface area contributed by atoms with Crippen LogP contribution in [0.5, 0.6) is 5.75 Å². The van der Waals surface area contributed by atoms with Gasteiger partial charge in [-0.05, 0) is 62.6 Å². The van der Waals surface area contributed by atoms with Crippen molar-refractivity contribution < 1.29 is 28.0 Å². The molecule has 0 saturated heterocycles. The van der Waals surface area contributed by atoms with E-state index in [1.807, 2.05) is 49.4 Å². The minimum Gasteiger partial charge on any atom is -0.494 e. The molecule has 0 radical (unpaired) electrons. The third-order valence-corrected chi connectivity index (χ3v) is 4.86.